The van der Waals surface area contributed by atoms with Crippen LogP contribution in [0.1, 0.15) is 12.6 Å². The number of nitrogens with zero attached hydrogens (tertiary/aromatic N) is 5. The molecule has 1 saturated heterocycles. The highest BCUT2D eigenvalue weighted by molar-refractivity contribution is 5.29. The molecule has 24 heavy (non-hydrogen) atoms. The molecule has 2 atom stereocenters. The first-order chi connectivity index (χ1) is 11.8. The second kappa shape index (κ2) is 6.58. The van der Waals surface area contributed by atoms with Gasteiger partial charge in [-0.15, -0.1) is 0 Å². The van der Waals surface area contributed by atoms with Gasteiger partial charge in [0.2, 0.25) is 5.78 Å². The summed E-state index contributed by atoms with van der Waals surface area (Å²) in [7, 11) is 0. The summed E-state index contributed by atoms with van der Waals surface area (Å²) < 4.78 is 15.3. The van der Waals surface area contributed by atoms with Gasteiger partial charge in [0.25, 0.3) is 0 Å². The van der Waals surface area contributed by atoms with E-state index in [1.807, 2.05) is 40.7 Å². The molecular formula is C16H20N6O2. The maximum absolute atomic E-state index is 6.01. The first-order valence-electron chi connectivity index (χ1n) is 8.10. The number of aryl methyl sites for hydroxylation is 1. The normalized spacial score (nSPS) is 20.7. The van der Waals surface area contributed by atoms with Crippen molar-refractivity contribution in [2.75, 3.05) is 13.2 Å². The van der Waals surface area contributed by atoms with E-state index >= 15 is 0 Å². The van der Waals surface area contributed by atoms with Gasteiger partial charge in [0.05, 0.1) is 37.3 Å². The average molecular weight is 328 g/mol. The molecular weight excluding hydrogens is 308 g/mol. The summed E-state index contributed by atoms with van der Waals surface area (Å²) in [5.74, 6) is 1.48. The molecule has 8 heteroatoms. The van der Waals surface area contributed by atoms with E-state index in [1.165, 1.54) is 0 Å². The van der Waals surface area contributed by atoms with Crippen LogP contribution in [-0.4, -0.2) is 49.5 Å². The Kier molecular flexibility index (Phi) is 4.14. The van der Waals surface area contributed by atoms with Gasteiger partial charge < -0.3 is 14.8 Å². The molecule has 0 aromatic carbocycles. The van der Waals surface area contributed by atoms with Gasteiger partial charge in [0, 0.05) is 31.7 Å². The number of nitrogens with one attached hydrogen (secondary N) is 1. The molecule has 0 unspecified atom stereocenters. The Balaban J connectivity index is 1.37. The smallest absolute Gasteiger partial charge is 0.233 e. The summed E-state index contributed by atoms with van der Waals surface area (Å²) in [5.41, 5.74) is 0.943. The van der Waals surface area contributed by atoms with Gasteiger partial charge in [-0.25, -0.2) is 9.97 Å². The number of aromatic nitrogens is 5. The van der Waals surface area contributed by atoms with Crippen molar-refractivity contribution in [3.63, 3.8) is 0 Å². The molecule has 1 aliphatic heterocycles. The minimum atomic E-state index is -0.0327. The number of rotatable bonds is 6. The van der Waals surface area contributed by atoms with Gasteiger partial charge in [-0.2, -0.15) is 5.10 Å². The lowest BCUT2D eigenvalue weighted by atomic mass is 10.2. The Hall–Kier alpha value is -2.45. The third-order valence-corrected chi connectivity index (χ3v) is 4.08. The van der Waals surface area contributed by atoms with Gasteiger partial charge in [0.1, 0.15) is 6.10 Å². The van der Waals surface area contributed by atoms with Crippen LogP contribution in [0, 0.1) is 0 Å². The molecule has 4 heterocycles. The lowest BCUT2D eigenvalue weighted by molar-refractivity contribution is 0.139. The van der Waals surface area contributed by atoms with Crippen molar-refractivity contribution in [3.05, 3.63) is 42.7 Å². The predicted molar refractivity (Wildman–Crippen MR) is 86.8 cm³/mol. The maximum Gasteiger partial charge on any atom is 0.233 e. The van der Waals surface area contributed by atoms with Gasteiger partial charge in [0.15, 0.2) is 5.75 Å². The third-order valence-electron chi connectivity index (χ3n) is 4.08. The second-order valence-corrected chi connectivity index (χ2v) is 5.77. The predicted octanol–water partition coefficient (Wildman–Crippen LogP) is 0.882. The minimum absolute atomic E-state index is 0.0327. The van der Waals surface area contributed by atoms with Crippen LogP contribution in [0.2, 0.25) is 0 Å². The molecule has 0 spiro atoms. The first kappa shape index (κ1) is 15.1. The summed E-state index contributed by atoms with van der Waals surface area (Å²) in [4.78, 5) is 8.72. The van der Waals surface area contributed by atoms with E-state index in [-0.39, 0.29) is 12.1 Å². The molecule has 1 aliphatic rings. The Morgan fingerprint density at radius 2 is 2.33 bits per heavy atom. The van der Waals surface area contributed by atoms with E-state index in [9.17, 15) is 0 Å². The lowest BCUT2D eigenvalue weighted by Gasteiger charge is -2.19. The van der Waals surface area contributed by atoms with Crippen molar-refractivity contribution in [1.29, 1.82) is 0 Å². The van der Waals surface area contributed by atoms with Crippen LogP contribution in [-0.2, 0) is 17.8 Å². The van der Waals surface area contributed by atoms with Crippen LogP contribution < -0.4 is 10.1 Å². The lowest BCUT2D eigenvalue weighted by Crippen LogP contribution is -2.41. The molecule has 1 N–H and O–H groups in total. The van der Waals surface area contributed by atoms with Crippen LogP contribution in [0.15, 0.2) is 37.1 Å². The summed E-state index contributed by atoms with van der Waals surface area (Å²) in [5, 5.41) is 7.70. The summed E-state index contributed by atoms with van der Waals surface area (Å²) in [6.07, 6.45) is 9.27. The van der Waals surface area contributed by atoms with Crippen molar-refractivity contribution in [3.8, 4) is 5.75 Å². The van der Waals surface area contributed by atoms with E-state index in [0.717, 1.165) is 18.0 Å². The molecule has 8 nitrogen and oxygen atoms in total. The second-order valence-electron chi connectivity index (χ2n) is 5.77. The quantitative estimate of drug-likeness (QED) is 0.724. The molecule has 0 saturated carbocycles. The average Bonchev–Trinajstić information content (AvgIpc) is 3.32. The number of ether oxygens (including phenoxy) is 2. The molecule has 126 valence electrons. The first-order valence-corrected chi connectivity index (χ1v) is 8.10. The van der Waals surface area contributed by atoms with E-state index in [2.05, 4.69) is 20.4 Å². The van der Waals surface area contributed by atoms with E-state index in [0.29, 0.717) is 25.5 Å². The Labute approximate surface area is 139 Å². The highest BCUT2D eigenvalue weighted by atomic mass is 16.5. The topological polar surface area (TPSA) is 78.5 Å². The molecule has 0 aliphatic carbocycles. The van der Waals surface area contributed by atoms with Gasteiger partial charge in [-0.3, -0.25) is 9.08 Å². The van der Waals surface area contributed by atoms with Crippen molar-refractivity contribution in [2.45, 2.75) is 32.2 Å². The van der Waals surface area contributed by atoms with Crippen molar-refractivity contribution in [2.24, 2.45) is 0 Å². The van der Waals surface area contributed by atoms with Crippen LogP contribution in [0.25, 0.3) is 5.78 Å². The molecule has 4 rings (SSSR count). The van der Waals surface area contributed by atoms with Crippen molar-refractivity contribution >= 4 is 5.78 Å². The summed E-state index contributed by atoms with van der Waals surface area (Å²) >= 11 is 0. The maximum atomic E-state index is 6.01. The van der Waals surface area contributed by atoms with Crippen molar-refractivity contribution in [1.82, 2.24) is 29.5 Å². The number of hydrogen-bond donors (Lipinski definition) is 1. The molecule has 0 radical (unpaired) electrons. The number of imidazole rings is 1. The fraction of sp³-hybridized carbons (Fsp3) is 0.438. The van der Waals surface area contributed by atoms with Crippen molar-refractivity contribution < 1.29 is 9.47 Å². The van der Waals surface area contributed by atoms with Gasteiger partial charge in [-0.1, -0.05) is 0 Å². The standard InChI is InChI=1S/C16H20N6O2/c1-2-22-9-13(7-19-22)24-15-11-23-10-14(15)18-6-12-8-21-5-3-4-17-16(21)20-12/h3-5,7-9,14-15,18H,2,6,10-11H2,1H3/t14-,15+/m0/s1. The Morgan fingerprint density at radius 1 is 1.38 bits per heavy atom. The number of hydrogen-bond acceptors (Lipinski definition) is 6. The zero-order valence-electron chi connectivity index (χ0n) is 13.5. The fourth-order valence-corrected chi connectivity index (χ4v) is 2.79. The molecule has 0 amide bonds. The largest absolute Gasteiger partial charge is 0.483 e. The zero-order valence-corrected chi connectivity index (χ0v) is 13.5. The third kappa shape index (κ3) is 3.10. The number of fused-ring (bicyclic) bond motifs is 1. The SMILES string of the molecule is CCn1cc(O[C@@H]2COC[C@@H]2NCc2cn3cccnc3n2)cn1. The van der Waals surface area contributed by atoms with Gasteiger partial charge in [-0.05, 0) is 13.0 Å². The van der Waals surface area contributed by atoms with Crippen LogP contribution in [0.3, 0.4) is 0 Å². The molecule has 0 bridgehead atoms. The molecule has 1 fully saturated rings. The highest BCUT2D eigenvalue weighted by Crippen LogP contribution is 2.17. The van der Waals surface area contributed by atoms with Crippen LogP contribution in [0.4, 0.5) is 0 Å². The monoisotopic (exact) mass is 328 g/mol. The minimum Gasteiger partial charge on any atom is -0.483 e. The molecule has 3 aromatic heterocycles. The summed E-state index contributed by atoms with van der Waals surface area (Å²) in [6.45, 7) is 4.71. The van der Waals surface area contributed by atoms with E-state index < -0.39 is 0 Å². The Morgan fingerprint density at radius 3 is 3.17 bits per heavy atom. The fourth-order valence-electron chi connectivity index (χ4n) is 2.79. The van der Waals surface area contributed by atoms with Crippen LogP contribution in [0.5, 0.6) is 5.75 Å². The van der Waals surface area contributed by atoms with E-state index in [4.69, 9.17) is 9.47 Å². The zero-order chi connectivity index (χ0) is 16.4. The van der Waals surface area contributed by atoms with Gasteiger partial charge >= 0.3 is 0 Å². The molecule has 3 aromatic rings. The highest BCUT2D eigenvalue weighted by Gasteiger charge is 2.30. The van der Waals surface area contributed by atoms with Crippen LogP contribution >= 0.6 is 0 Å². The van der Waals surface area contributed by atoms with E-state index in [1.54, 1.807) is 12.4 Å². The Bertz CT molecular complexity index is 781. The summed E-state index contributed by atoms with van der Waals surface area (Å²) in [6, 6.07) is 2.00.